The monoisotopic (exact) mass is 314 g/mol. The molecule has 1 atom stereocenters. The molecule has 0 aromatic heterocycles. The zero-order valence-corrected chi connectivity index (χ0v) is 12.4. The number of benzene rings is 1. The number of aliphatic hydroxyl groups excluding tert-OH is 1. The molecule has 1 aromatic rings. The number of nitrogens with one attached hydrogen (secondary N) is 2. The fourth-order valence-electron chi connectivity index (χ4n) is 2.02. The van der Waals surface area contributed by atoms with Crippen LogP contribution in [0.2, 0.25) is 5.02 Å². The molecule has 6 nitrogen and oxygen atoms in total. The van der Waals surface area contributed by atoms with Gasteiger partial charge in [0.1, 0.15) is 12.4 Å². The number of urea groups is 1. The summed E-state index contributed by atoms with van der Waals surface area (Å²) in [5, 5.41) is 14.3. The van der Waals surface area contributed by atoms with Gasteiger partial charge in [0.2, 0.25) is 0 Å². The van der Waals surface area contributed by atoms with Crippen molar-refractivity contribution in [1.82, 2.24) is 5.32 Å². The lowest BCUT2D eigenvalue weighted by molar-refractivity contribution is 0.0682. The lowest BCUT2D eigenvalue weighted by Crippen LogP contribution is -2.31. The molecule has 2 rings (SSSR count). The molecular formula is C14H19ClN2O4. The number of carbonyl (C=O) groups is 1. The number of ether oxygens (including phenoxy) is 2. The van der Waals surface area contributed by atoms with E-state index in [0.29, 0.717) is 23.1 Å². The molecule has 1 aromatic carbocycles. The molecule has 21 heavy (non-hydrogen) atoms. The third-order valence-corrected chi connectivity index (χ3v) is 3.27. The highest BCUT2D eigenvalue weighted by Crippen LogP contribution is 2.28. The number of rotatable bonds is 6. The summed E-state index contributed by atoms with van der Waals surface area (Å²) in [6.07, 6.45) is 2.12. The Hall–Kier alpha value is -1.50. The van der Waals surface area contributed by atoms with Crippen molar-refractivity contribution in [3.8, 4) is 5.75 Å². The van der Waals surface area contributed by atoms with E-state index in [2.05, 4.69) is 10.6 Å². The Morgan fingerprint density at radius 3 is 3.10 bits per heavy atom. The van der Waals surface area contributed by atoms with Crippen molar-refractivity contribution >= 4 is 23.3 Å². The summed E-state index contributed by atoms with van der Waals surface area (Å²) in [6.45, 7) is 1.27. The van der Waals surface area contributed by atoms with Crippen molar-refractivity contribution in [3.63, 3.8) is 0 Å². The zero-order valence-electron chi connectivity index (χ0n) is 11.6. The fraction of sp³-hybridized carbons (Fsp3) is 0.500. The second-order valence-corrected chi connectivity index (χ2v) is 5.13. The van der Waals surface area contributed by atoms with Gasteiger partial charge in [0.15, 0.2) is 0 Å². The van der Waals surface area contributed by atoms with Gasteiger partial charge in [0.05, 0.1) is 18.4 Å². The number of amides is 2. The van der Waals surface area contributed by atoms with Crippen molar-refractivity contribution < 1.29 is 19.4 Å². The average molecular weight is 315 g/mol. The van der Waals surface area contributed by atoms with E-state index in [1.165, 1.54) is 0 Å². The van der Waals surface area contributed by atoms with Gasteiger partial charge in [-0.05, 0) is 31.0 Å². The largest absolute Gasteiger partial charge is 0.489 e. The maximum absolute atomic E-state index is 11.6. The first-order chi connectivity index (χ1) is 10.2. The standard InChI is InChI=1S/C14H19ClN2O4/c15-10-3-4-13(21-9-11-2-1-7-20-11)12(8-10)17-14(19)16-5-6-18/h3-4,8,11,18H,1-2,5-7,9H2,(H2,16,17,19)/t11-/m1/s1. The first kappa shape index (κ1) is 15.9. The molecule has 0 spiro atoms. The smallest absolute Gasteiger partial charge is 0.319 e. The Labute approximate surface area is 128 Å². The van der Waals surface area contributed by atoms with Crippen LogP contribution < -0.4 is 15.4 Å². The summed E-state index contributed by atoms with van der Waals surface area (Å²) in [5.74, 6) is 0.536. The maximum Gasteiger partial charge on any atom is 0.319 e. The van der Waals surface area contributed by atoms with Crippen LogP contribution in [0.15, 0.2) is 18.2 Å². The Morgan fingerprint density at radius 2 is 2.38 bits per heavy atom. The SMILES string of the molecule is O=C(NCCO)Nc1cc(Cl)ccc1OC[C@H]1CCCO1. The van der Waals surface area contributed by atoms with E-state index < -0.39 is 6.03 Å². The summed E-state index contributed by atoms with van der Waals surface area (Å²) < 4.78 is 11.2. The maximum atomic E-state index is 11.6. The molecule has 0 radical (unpaired) electrons. The van der Waals surface area contributed by atoms with Gasteiger partial charge in [0, 0.05) is 18.2 Å². The van der Waals surface area contributed by atoms with Gasteiger partial charge in [-0.3, -0.25) is 0 Å². The first-order valence-electron chi connectivity index (χ1n) is 6.88. The van der Waals surface area contributed by atoms with E-state index in [9.17, 15) is 4.79 Å². The number of halogens is 1. The van der Waals surface area contributed by atoms with Gasteiger partial charge < -0.3 is 25.2 Å². The predicted octanol–water partition coefficient (Wildman–Crippen LogP) is 2.01. The highest BCUT2D eigenvalue weighted by atomic mass is 35.5. The average Bonchev–Trinajstić information content (AvgIpc) is 2.97. The van der Waals surface area contributed by atoms with Crippen molar-refractivity contribution in [2.75, 3.05) is 31.7 Å². The third-order valence-electron chi connectivity index (χ3n) is 3.04. The molecule has 0 bridgehead atoms. The third kappa shape index (κ3) is 5.08. The Bertz CT molecular complexity index is 478. The number of hydrogen-bond acceptors (Lipinski definition) is 4. The normalized spacial score (nSPS) is 17.5. The molecule has 3 N–H and O–H groups in total. The van der Waals surface area contributed by atoms with Crippen molar-refractivity contribution in [2.45, 2.75) is 18.9 Å². The molecule has 1 aliphatic rings. The Balaban J connectivity index is 1.97. The quantitative estimate of drug-likeness (QED) is 0.750. The molecule has 1 fully saturated rings. The topological polar surface area (TPSA) is 79.8 Å². The molecule has 116 valence electrons. The molecule has 1 saturated heterocycles. The minimum absolute atomic E-state index is 0.0942. The molecule has 7 heteroatoms. The molecule has 0 aliphatic carbocycles. The summed E-state index contributed by atoms with van der Waals surface area (Å²) in [4.78, 5) is 11.6. The molecule has 1 aliphatic heterocycles. The highest BCUT2D eigenvalue weighted by Gasteiger charge is 2.17. The molecule has 0 saturated carbocycles. The van der Waals surface area contributed by atoms with Gasteiger partial charge in [-0.2, -0.15) is 0 Å². The Kier molecular flexibility index (Phi) is 6.10. The lowest BCUT2D eigenvalue weighted by Gasteiger charge is -2.15. The van der Waals surface area contributed by atoms with Crippen LogP contribution in [-0.4, -0.2) is 43.6 Å². The zero-order chi connectivity index (χ0) is 15.1. The summed E-state index contributed by atoms with van der Waals surface area (Å²) in [6, 6.07) is 4.60. The van der Waals surface area contributed by atoms with Crippen LogP contribution in [-0.2, 0) is 4.74 Å². The van der Waals surface area contributed by atoms with E-state index in [0.717, 1.165) is 19.4 Å². The highest BCUT2D eigenvalue weighted by molar-refractivity contribution is 6.31. The minimum Gasteiger partial charge on any atom is -0.489 e. The van der Waals surface area contributed by atoms with Crippen molar-refractivity contribution in [3.05, 3.63) is 23.2 Å². The number of carbonyl (C=O) groups excluding carboxylic acids is 1. The summed E-state index contributed by atoms with van der Waals surface area (Å²) >= 11 is 5.94. The van der Waals surface area contributed by atoms with E-state index in [1.807, 2.05) is 0 Å². The van der Waals surface area contributed by atoms with E-state index in [1.54, 1.807) is 18.2 Å². The fourth-order valence-corrected chi connectivity index (χ4v) is 2.19. The van der Waals surface area contributed by atoms with Crippen molar-refractivity contribution in [2.24, 2.45) is 0 Å². The van der Waals surface area contributed by atoms with Crippen LogP contribution in [0.4, 0.5) is 10.5 Å². The molecule has 0 unspecified atom stereocenters. The van der Waals surface area contributed by atoms with Gasteiger partial charge in [-0.1, -0.05) is 11.6 Å². The lowest BCUT2D eigenvalue weighted by atomic mass is 10.2. The van der Waals surface area contributed by atoms with Crippen molar-refractivity contribution in [1.29, 1.82) is 0 Å². The first-order valence-corrected chi connectivity index (χ1v) is 7.26. The second kappa shape index (κ2) is 8.07. The molecule has 1 heterocycles. The van der Waals surface area contributed by atoms with Crippen LogP contribution in [0.1, 0.15) is 12.8 Å². The molecular weight excluding hydrogens is 296 g/mol. The van der Waals surface area contributed by atoms with Crippen LogP contribution in [0.25, 0.3) is 0 Å². The van der Waals surface area contributed by atoms with E-state index >= 15 is 0 Å². The van der Waals surface area contributed by atoms with E-state index in [-0.39, 0.29) is 19.3 Å². The minimum atomic E-state index is -0.423. The molecule has 2 amide bonds. The van der Waals surface area contributed by atoms with Crippen LogP contribution in [0.3, 0.4) is 0 Å². The van der Waals surface area contributed by atoms with Gasteiger partial charge in [0.25, 0.3) is 0 Å². The number of hydrogen-bond donors (Lipinski definition) is 3. The van der Waals surface area contributed by atoms with Gasteiger partial charge >= 0.3 is 6.03 Å². The van der Waals surface area contributed by atoms with Crippen LogP contribution >= 0.6 is 11.6 Å². The summed E-state index contributed by atoms with van der Waals surface area (Å²) in [5.41, 5.74) is 0.482. The van der Waals surface area contributed by atoms with E-state index in [4.69, 9.17) is 26.2 Å². The summed E-state index contributed by atoms with van der Waals surface area (Å²) in [7, 11) is 0. The number of aliphatic hydroxyl groups is 1. The Morgan fingerprint density at radius 1 is 1.52 bits per heavy atom. The second-order valence-electron chi connectivity index (χ2n) is 4.69. The van der Waals surface area contributed by atoms with Gasteiger partial charge in [-0.15, -0.1) is 0 Å². The van der Waals surface area contributed by atoms with Gasteiger partial charge in [-0.25, -0.2) is 4.79 Å². The van der Waals surface area contributed by atoms with Crippen LogP contribution in [0, 0.1) is 0 Å². The van der Waals surface area contributed by atoms with Crippen LogP contribution in [0.5, 0.6) is 5.75 Å². The predicted molar refractivity (Wildman–Crippen MR) is 80.0 cm³/mol. The number of anilines is 1.